The molecule has 1 saturated carbocycles. The topological polar surface area (TPSA) is 106 Å². The minimum Gasteiger partial charge on any atom is -0.381 e. The third-order valence-corrected chi connectivity index (χ3v) is 4.70. The number of amides is 1. The smallest absolute Gasteiger partial charge is 0.244 e. The lowest BCUT2D eigenvalue weighted by molar-refractivity contribution is -0.124. The van der Waals surface area contributed by atoms with Crippen LogP contribution in [0.15, 0.2) is 24.3 Å². The number of rotatable bonds is 4. The summed E-state index contributed by atoms with van der Waals surface area (Å²) in [5.74, 6) is 2.04. The Morgan fingerprint density at radius 3 is 2.56 bits per heavy atom. The van der Waals surface area contributed by atoms with E-state index in [4.69, 9.17) is 10.5 Å². The van der Waals surface area contributed by atoms with E-state index in [2.05, 4.69) is 20.5 Å². The van der Waals surface area contributed by atoms with E-state index in [-0.39, 0.29) is 18.3 Å². The van der Waals surface area contributed by atoms with Gasteiger partial charge in [-0.1, -0.05) is 0 Å². The summed E-state index contributed by atoms with van der Waals surface area (Å²) in [4.78, 5) is 16.9. The minimum absolute atomic E-state index is 0. The first-order valence-electron chi connectivity index (χ1n) is 8.35. The Labute approximate surface area is 152 Å². The lowest BCUT2D eigenvalue weighted by atomic mass is 9.90. The minimum atomic E-state index is -0.847. The van der Waals surface area contributed by atoms with Crippen molar-refractivity contribution < 1.29 is 9.53 Å². The van der Waals surface area contributed by atoms with Crippen molar-refractivity contribution in [1.29, 1.82) is 0 Å². The average molecular weight is 364 g/mol. The van der Waals surface area contributed by atoms with E-state index in [1.807, 2.05) is 24.3 Å². The lowest BCUT2D eigenvalue weighted by Gasteiger charge is -2.31. The molecule has 4 N–H and O–H groups in total. The molecule has 1 aromatic carbocycles. The first-order chi connectivity index (χ1) is 11.6. The Hall–Kier alpha value is -1.96. The third-order valence-electron chi connectivity index (χ3n) is 4.70. The van der Waals surface area contributed by atoms with E-state index in [0.29, 0.717) is 37.8 Å². The second-order valence-electron chi connectivity index (χ2n) is 6.62. The number of carbonyl (C=O) groups is 1. The number of nitrogens with one attached hydrogen (secondary N) is 2. The maximum atomic E-state index is 12.4. The van der Waals surface area contributed by atoms with Gasteiger partial charge in [0.15, 0.2) is 5.82 Å². The van der Waals surface area contributed by atoms with Gasteiger partial charge < -0.3 is 15.8 Å². The van der Waals surface area contributed by atoms with Gasteiger partial charge in [0.05, 0.1) is 0 Å². The molecule has 0 spiro atoms. The van der Waals surface area contributed by atoms with Crippen molar-refractivity contribution in [2.24, 2.45) is 5.73 Å². The zero-order chi connectivity index (χ0) is 16.6. The number of carbonyl (C=O) groups excluding carboxylic acids is 1. The van der Waals surface area contributed by atoms with Crippen molar-refractivity contribution in [3.05, 3.63) is 30.1 Å². The first kappa shape index (κ1) is 17.8. The molecule has 1 aromatic heterocycles. The van der Waals surface area contributed by atoms with Gasteiger partial charge in [0.25, 0.3) is 0 Å². The highest BCUT2D eigenvalue weighted by Gasteiger charge is 2.35. The summed E-state index contributed by atoms with van der Waals surface area (Å²) < 4.78 is 5.28. The van der Waals surface area contributed by atoms with Crippen LogP contribution >= 0.6 is 12.4 Å². The summed E-state index contributed by atoms with van der Waals surface area (Å²) in [7, 11) is 0. The fourth-order valence-corrected chi connectivity index (χ4v) is 2.86. The number of benzene rings is 1. The van der Waals surface area contributed by atoms with Crippen LogP contribution in [-0.2, 0) is 9.53 Å². The molecular weight excluding hydrogens is 342 g/mol. The molecule has 134 valence electrons. The van der Waals surface area contributed by atoms with Crippen LogP contribution in [0.1, 0.15) is 37.4 Å². The largest absolute Gasteiger partial charge is 0.381 e. The van der Waals surface area contributed by atoms with Crippen molar-refractivity contribution in [2.45, 2.75) is 37.1 Å². The summed E-state index contributed by atoms with van der Waals surface area (Å²) in [5.41, 5.74) is 6.99. The monoisotopic (exact) mass is 363 g/mol. The summed E-state index contributed by atoms with van der Waals surface area (Å²) in [6.07, 6.45) is 3.45. The molecule has 0 atom stereocenters. The van der Waals surface area contributed by atoms with Crippen molar-refractivity contribution in [1.82, 2.24) is 15.2 Å². The van der Waals surface area contributed by atoms with E-state index in [9.17, 15) is 4.79 Å². The molecular formula is C17H22ClN5O2. The Kier molecular flexibility index (Phi) is 5.08. The SMILES string of the molecule is Cl.NC1(C(=O)Nc2ccc(-c3n[nH]c(C4CC4)n3)cc2)CCOCC1. The molecule has 2 heterocycles. The molecule has 25 heavy (non-hydrogen) atoms. The predicted molar refractivity (Wildman–Crippen MR) is 96.6 cm³/mol. The summed E-state index contributed by atoms with van der Waals surface area (Å²) in [6, 6.07) is 7.51. The Bertz CT molecular complexity index is 736. The fourth-order valence-electron chi connectivity index (χ4n) is 2.86. The van der Waals surface area contributed by atoms with Crippen molar-refractivity contribution in [3.8, 4) is 11.4 Å². The molecule has 8 heteroatoms. The molecule has 7 nitrogen and oxygen atoms in total. The van der Waals surface area contributed by atoms with Crippen LogP contribution in [0.2, 0.25) is 0 Å². The van der Waals surface area contributed by atoms with Gasteiger partial charge in [0.2, 0.25) is 5.91 Å². The average Bonchev–Trinajstić information content (AvgIpc) is 3.33. The normalized spacial score (nSPS) is 19.1. The van der Waals surface area contributed by atoms with Gasteiger partial charge in [-0.25, -0.2) is 4.98 Å². The number of aromatic nitrogens is 3. The van der Waals surface area contributed by atoms with Gasteiger partial charge in [-0.3, -0.25) is 9.89 Å². The van der Waals surface area contributed by atoms with Gasteiger partial charge >= 0.3 is 0 Å². The van der Waals surface area contributed by atoms with Crippen LogP contribution in [0.25, 0.3) is 11.4 Å². The quantitative estimate of drug-likeness (QED) is 0.772. The summed E-state index contributed by atoms with van der Waals surface area (Å²) >= 11 is 0. The Morgan fingerprint density at radius 1 is 1.24 bits per heavy atom. The Morgan fingerprint density at radius 2 is 1.92 bits per heavy atom. The number of ether oxygens (including phenoxy) is 1. The summed E-state index contributed by atoms with van der Waals surface area (Å²) in [6.45, 7) is 1.05. The van der Waals surface area contributed by atoms with Gasteiger partial charge in [-0.2, -0.15) is 5.10 Å². The van der Waals surface area contributed by atoms with E-state index >= 15 is 0 Å². The number of anilines is 1. The molecule has 0 bridgehead atoms. The van der Waals surface area contributed by atoms with Crippen LogP contribution < -0.4 is 11.1 Å². The highest BCUT2D eigenvalue weighted by atomic mass is 35.5. The van der Waals surface area contributed by atoms with Crippen molar-refractivity contribution in [2.75, 3.05) is 18.5 Å². The highest BCUT2D eigenvalue weighted by Crippen LogP contribution is 2.38. The van der Waals surface area contributed by atoms with Crippen LogP contribution in [-0.4, -0.2) is 39.8 Å². The van der Waals surface area contributed by atoms with Gasteiger partial charge in [-0.05, 0) is 49.9 Å². The number of nitrogens with zero attached hydrogens (tertiary/aromatic N) is 2. The number of nitrogens with two attached hydrogens (primary N) is 1. The van der Waals surface area contributed by atoms with Crippen molar-refractivity contribution >= 4 is 24.0 Å². The number of halogens is 1. The van der Waals surface area contributed by atoms with Crippen LogP contribution in [0, 0.1) is 0 Å². The van der Waals surface area contributed by atoms with E-state index in [0.717, 1.165) is 17.1 Å². The third kappa shape index (κ3) is 3.84. The molecule has 4 rings (SSSR count). The van der Waals surface area contributed by atoms with Crippen LogP contribution in [0.4, 0.5) is 5.69 Å². The molecule has 1 aliphatic heterocycles. The maximum absolute atomic E-state index is 12.4. The second kappa shape index (κ2) is 7.11. The van der Waals surface area contributed by atoms with Gasteiger partial charge in [0, 0.05) is 30.4 Å². The van der Waals surface area contributed by atoms with E-state index in [1.165, 1.54) is 12.8 Å². The number of H-pyrrole nitrogens is 1. The zero-order valence-corrected chi connectivity index (χ0v) is 14.6. The van der Waals surface area contributed by atoms with Crippen LogP contribution in [0.3, 0.4) is 0 Å². The fraction of sp³-hybridized carbons (Fsp3) is 0.471. The first-order valence-corrected chi connectivity index (χ1v) is 8.35. The van der Waals surface area contributed by atoms with Crippen molar-refractivity contribution in [3.63, 3.8) is 0 Å². The van der Waals surface area contributed by atoms with E-state index in [1.54, 1.807) is 0 Å². The molecule has 1 amide bonds. The highest BCUT2D eigenvalue weighted by molar-refractivity contribution is 5.98. The molecule has 1 aliphatic carbocycles. The van der Waals surface area contributed by atoms with Crippen LogP contribution in [0.5, 0.6) is 0 Å². The number of hydrogen-bond acceptors (Lipinski definition) is 5. The summed E-state index contributed by atoms with van der Waals surface area (Å²) in [5, 5.41) is 10.2. The molecule has 2 fully saturated rings. The predicted octanol–water partition coefficient (Wildman–Crippen LogP) is 2.22. The lowest BCUT2D eigenvalue weighted by Crippen LogP contribution is -2.54. The molecule has 0 radical (unpaired) electrons. The molecule has 0 unspecified atom stereocenters. The number of hydrogen-bond donors (Lipinski definition) is 3. The van der Waals surface area contributed by atoms with Gasteiger partial charge in [-0.15, -0.1) is 12.4 Å². The van der Waals surface area contributed by atoms with Gasteiger partial charge in [0.1, 0.15) is 11.4 Å². The van der Waals surface area contributed by atoms with E-state index < -0.39 is 5.54 Å². The maximum Gasteiger partial charge on any atom is 0.244 e. The molecule has 2 aromatic rings. The standard InChI is InChI=1S/C17H21N5O2.ClH/c18-17(7-9-24-10-8-17)16(23)19-13-5-3-12(4-6-13)15-20-14(21-22-15)11-1-2-11;/h3-6,11H,1-2,7-10,18H2,(H,19,23)(H,20,21,22);1H. The second-order valence-corrected chi connectivity index (χ2v) is 6.62. The Balaban J connectivity index is 0.00000182. The molecule has 2 aliphatic rings. The number of aromatic amines is 1. The zero-order valence-electron chi connectivity index (χ0n) is 13.8. The molecule has 1 saturated heterocycles.